The molecule has 1 aromatic carbocycles. The molecule has 0 unspecified atom stereocenters. The van der Waals surface area contributed by atoms with Crippen molar-refractivity contribution in [2.24, 2.45) is 5.92 Å². The van der Waals surface area contributed by atoms with Crippen molar-refractivity contribution < 1.29 is 4.74 Å². The van der Waals surface area contributed by atoms with Gasteiger partial charge in [-0.3, -0.25) is 0 Å². The molecule has 1 atom stereocenters. The SMILES string of the molecule is C[C@@H]1CCCN(c2nc(N3CCOCC3)c3ccccc3n2)C1. The van der Waals surface area contributed by atoms with Gasteiger partial charge in [-0.1, -0.05) is 19.1 Å². The molecule has 3 heterocycles. The highest BCUT2D eigenvalue weighted by Gasteiger charge is 2.22. The summed E-state index contributed by atoms with van der Waals surface area (Å²) in [6.45, 7) is 7.78. The fraction of sp³-hybridized carbons (Fsp3) is 0.556. The molecule has 2 aromatic rings. The second-order valence-electron chi connectivity index (χ2n) is 6.66. The van der Waals surface area contributed by atoms with Gasteiger partial charge in [0.15, 0.2) is 0 Å². The predicted octanol–water partition coefficient (Wildman–Crippen LogP) is 2.70. The zero-order valence-corrected chi connectivity index (χ0v) is 13.7. The number of nitrogens with zero attached hydrogens (tertiary/aromatic N) is 4. The number of ether oxygens (including phenoxy) is 1. The fourth-order valence-electron chi connectivity index (χ4n) is 3.58. The third-order valence-electron chi connectivity index (χ3n) is 4.82. The van der Waals surface area contributed by atoms with E-state index >= 15 is 0 Å². The molecule has 0 saturated carbocycles. The smallest absolute Gasteiger partial charge is 0.227 e. The Hall–Kier alpha value is -1.88. The average Bonchev–Trinajstić information content (AvgIpc) is 2.61. The Bertz CT molecular complexity index is 684. The summed E-state index contributed by atoms with van der Waals surface area (Å²) in [6.07, 6.45) is 2.53. The maximum Gasteiger partial charge on any atom is 0.227 e. The summed E-state index contributed by atoms with van der Waals surface area (Å²) in [7, 11) is 0. The van der Waals surface area contributed by atoms with Crippen LogP contribution in [0.15, 0.2) is 24.3 Å². The lowest BCUT2D eigenvalue weighted by molar-refractivity contribution is 0.122. The number of fused-ring (bicyclic) bond motifs is 1. The Kier molecular flexibility index (Phi) is 4.04. The third-order valence-corrected chi connectivity index (χ3v) is 4.82. The van der Waals surface area contributed by atoms with E-state index in [-0.39, 0.29) is 0 Å². The first-order valence-electron chi connectivity index (χ1n) is 8.66. The number of aromatic nitrogens is 2. The monoisotopic (exact) mass is 312 g/mol. The Morgan fingerprint density at radius 3 is 2.70 bits per heavy atom. The molecule has 0 bridgehead atoms. The van der Waals surface area contributed by atoms with E-state index in [1.807, 2.05) is 0 Å². The van der Waals surface area contributed by atoms with E-state index in [0.717, 1.165) is 62.1 Å². The third kappa shape index (κ3) is 2.98. The topological polar surface area (TPSA) is 41.5 Å². The Morgan fingerprint density at radius 1 is 1.04 bits per heavy atom. The van der Waals surface area contributed by atoms with Crippen LogP contribution in [-0.4, -0.2) is 49.4 Å². The summed E-state index contributed by atoms with van der Waals surface area (Å²) in [6, 6.07) is 8.35. The molecule has 2 fully saturated rings. The Morgan fingerprint density at radius 2 is 1.87 bits per heavy atom. The predicted molar refractivity (Wildman–Crippen MR) is 93.2 cm³/mol. The lowest BCUT2D eigenvalue weighted by Crippen LogP contribution is -2.38. The van der Waals surface area contributed by atoms with E-state index in [4.69, 9.17) is 14.7 Å². The molecule has 0 spiro atoms. The quantitative estimate of drug-likeness (QED) is 0.853. The number of hydrogen-bond donors (Lipinski definition) is 0. The van der Waals surface area contributed by atoms with Crippen LogP contribution in [0.25, 0.3) is 10.9 Å². The molecular weight excluding hydrogens is 288 g/mol. The van der Waals surface area contributed by atoms with Crippen molar-refractivity contribution in [3.05, 3.63) is 24.3 Å². The molecule has 0 N–H and O–H groups in total. The van der Waals surface area contributed by atoms with Crippen LogP contribution in [-0.2, 0) is 4.74 Å². The van der Waals surface area contributed by atoms with Crippen LogP contribution in [0.5, 0.6) is 0 Å². The van der Waals surface area contributed by atoms with E-state index in [1.165, 1.54) is 12.8 Å². The molecule has 0 aliphatic carbocycles. The first-order valence-corrected chi connectivity index (χ1v) is 8.66. The summed E-state index contributed by atoms with van der Waals surface area (Å²) in [5.41, 5.74) is 1.04. The molecule has 2 aliphatic rings. The molecule has 0 radical (unpaired) electrons. The van der Waals surface area contributed by atoms with Crippen molar-refractivity contribution in [3.8, 4) is 0 Å². The second kappa shape index (κ2) is 6.32. The number of para-hydroxylation sites is 1. The maximum absolute atomic E-state index is 5.50. The van der Waals surface area contributed by atoms with E-state index < -0.39 is 0 Å². The van der Waals surface area contributed by atoms with Crippen LogP contribution < -0.4 is 9.80 Å². The van der Waals surface area contributed by atoms with Gasteiger partial charge in [-0.05, 0) is 30.9 Å². The molecule has 23 heavy (non-hydrogen) atoms. The maximum atomic E-state index is 5.50. The zero-order chi connectivity index (χ0) is 15.6. The van der Waals surface area contributed by atoms with Gasteiger partial charge in [0, 0.05) is 31.6 Å². The van der Waals surface area contributed by atoms with Crippen molar-refractivity contribution in [3.63, 3.8) is 0 Å². The van der Waals surface area contributed by atoms with E-state index in [9.17, 15) is 0 Å². The molecule has 2 aliphatic heterocycles. The van der Waals surface area contributed by atoms with Crippen molar-refractivity contribution in [2.75, 3.05) is 49.2 Å². The zero-order valence-electron chi connectivity index (χ0n) is 13.7. The highest BCUT2D eigenvalue weighted by molar-refractivity contribution is 5.90. The fourth-order valence-corrected chi connectivity index (χ4v) is 3.58. The number of benzene rings is 1. The summed E-state index contributed by atoms with van der Waals surface area (Å²) >= 11 is 0. The normalized spacial score (nSPS) is 22.6. The van der Waals surface area contributed by atoms with Gasteiger partial charge in [-0.2, -0.15) is 4.98 Å². The van der Waals surface area contributed by atoms with Crippen LogP contribution in [0.4, 0.5) is 11.8 Å². The van der Waals surface area contributed by atoms with Crippen LogP contribution in [0.3, 0.4) is 0 Å². The van der Waals surface area contributed by atoms with Crippen molar-refractivity contribution in [2.45, 2.75) is 19.8 Å². The molecule has 122 valence electrons. The van der Waals surface area contributed by atoms with E-state index in [0.29, 0.717) is 5.92 Å². The van der Waals surface area contributed by atoms with Gasteiger partial charge in [0.2, 0.25) is 5.95 Å². The average molecular weight is 312 g/mol. The summed E-state index contributed by atoms with van der Waals surface area (Å²) < 4.78 is 5.50. The summed E-state index contributed by atoms with van der Waals surface area (Å²) in [5, 5.41) is 1.14. The van der Waals surface area contributed by atoms with Crippen molar-refractivity contribution >= 4 is 22.7 Å². The van der Waals surface area contributed by atoms with Crippen LogP contribution in [0, 0.1) is 5.92 Å². The molecule has 0 amide bonds. The van der Waals surface area contributed by atoms with Crippen molar-refractivity contribution in [1.82, 2.24) is 9.97 Å². The Labute approximate surface area is 137 Å². The van der Waals surface area contributed by atoms with Gasteiger partial charge in [-0.15, -0.1) is 0 Å². The second-order valence-corrected chi connectivity index (χ2v) is 6.66. The van der Waals surface area contributed by atoms with Crippen LogP contribution in [0.2, 0.25) is 0 Å². The highest BCUT2D eigenvalue weighted by Crippen LogP contribution is 2.29. The molecule has 5 nitrogen and oxygen atoms in total. The minimum atomic E-state index is 0.714. The van der Waals surface area contributed by atoms with Gasteiger partial charge in [0.1, 0.15) is 5.82 Å². The van der Waals surface area contributed by atoms with Gasteiger partial charge in [0.05, 0.1) is 18.7 Å². The number of rotatable bonds is 2. The Balaban J connectivity index is 1.76. The summed E-state index contributed by atoms with van der Waals surface area (Å²) in [5.74, 6) is 2.66. The van der Waals surface area contributed by atoms with Gasteiger partial charge < -0.3 is 14.5 Å². The molecule has 2 saturated heterocycles. The standard InChI is InChI=1S/C18H24N4O/c1-14-5-4-8-22(13-14)18-19-16-7-3-2-6-15(16)17(20-18)21-9-11-23-12-10-21/h2-3,6-7,14H,4-5,8-13H2,1H3/t14-/m1/s1. The molecule has 4 rings (SSSR count). The summed E-state index contributed by atoms with van der Waals surface area (Å²) in [4.78, 5) is 14.5. The highest BCUT2D eigenvalue weighted by atomic mass is 16.5. The van der Waals surface area contributed by atoms with Gasteiger partial charge >= 0.3 is 0 Å². The number of hydrogen-bond acceptors (Lipinski definition) is 5. The molecule has 1 aromatic heterocycles. The molecule has 5 heteroatoms. The van der Waals surface area contributed by atoms with E-state index in [2.05, 4.69) is 41.0 Å². The minimum Gasteiger partial charge on any atom is -0.378 e. The van der Waals surface area contributed by atoms with E-state index in [1.54, 1.807) is 0 Å². The lowest BCUT2D eigenvalue weighted by atomic mass is 10.0. The van der Waals surface area contributed by atoms with Gasteiger partial charge in [-0.25, -0.2) is 4.98 Å². The molecular formula is C18H24N4O. The van der Waals surface area contributed by atoms with Gasteiger partial charge in [0.25, 0.3) is 0 Å². The van der Waals surface area contributed by atoms with Crippen LogP contribution >= 0.6 is 0 Å². The lowest BCUT2D eigenvalue weighted by Gasteiger charge is -2.33. The number of morpholine rings is 1. The minimum absolute atomic E-state index is 0.714. The first kappa shape index (κ1) is 14.7. The largest absolute Gasteiger partial charge is 0.378 e. The number of piperidine rings is 1. The first-order chi connectivity index (χ1) is 11.3. The van der Waals surface area contributed by atoms with Crippen LogP contribution in [0.1, 0.15) is 19.8 Å². The van der Waals surface area contributed by atoms with Crippen molar-refractivity contribution in [1.29, 1.82) is 0 Å². The number of anilines is 2.